The van der Waals surface area contributed by atoms with E-state index in [2.05, 4.69) is 30.7 Å². The van der Waals surface area contributed by atoms with Crippen LogP contribution < -0.4 is 26.2 Å². The number of pyridine rings is 2. The average molecular weight is 764 g/mol. The molecule has 0 unspecified atom stereocenters. The van der Waals surface area contributed by atoms with Crippen LogP contribution in [-0.2, 0) is 26.3 Å². The number of aromatic amines is 1. The number of benzene rings is 1. The van der Waals surface area contributed by atoms with E-state index in [1.807, 2.05) is 42.2 Å². The molecule has 5 N–H and O–H groups in total. The first-order valence-corrected chi connectivity index (χ1v) is 19.6. The van der Waals surface area contributed by atoms with Crippen molar-refractivity contribution in [2.75, 3.05) is 62.2 Å². The fourth-order valence-corrected chi connectivity index (χ4v) is 8.89. The molecule has 4 aliphatic rings. The van der Waals surface area contributed by atoms with Gasteiger partial charge in [-0.3, -0.25) is 19.7 Å². The number of fused-ring (bicyclic) bond motifs is 3. The highest BCUT2D eigenvalue weighted by Crippen LogP contribution is 2.45. The smallest absolute Gasteiger partial charge is 0.417 e. The van der Waals surface area contributed by atoms with E-state index in [0.29, 0.717) is 69.9 Å². The Morgan fingerprint density at radius 3 is 2.48 bits per heavy atom. The highest BCUT2D eigenvalue weighted by atomic mass is 16.6. The zero-order valence-electron chi connectivity index (χ0n) is 31.7. The zero-order chi connectivity index (χ0) is 38.8. The van der Waals surface area contributed by atoms with Crippen LogP contribution in [0, 0.1) is 12.8 Å². The number of piperidine rings is 2. The van der Waals surface area contributed by atoms with Crippen LogP contribution in [0.15, 0.2) is 61.2 Å². The summed E-state index contributed by atoms with van der Waals surface area (Å²) in [5.41, 5.74) is 8.91. The summed E-state index contributed by atoms with van der Waals surface area (Å²) in [5, 5.41) is 14.7. The molecular weight excluding hydrogens is 715 g/mol. The van der Waals surface area contributed by atoms with Crippen molar-refractivity contribution in [2.24, 2.45) is 11.7 Å². The Morgan fingerprint density at radius 2 is 1.75 bits per heavy atom. The van der Waals surface area contributed by atoms with Crippen molar-refractivity contribution in [3.05, 3.63) is 77.9 Å². The van der Waals surface area contributed by atoms with Gasteiger partial charge in [-0.25, -0.2) is 19.5 Å². The van der Waals surface area contributed by atoms with Crippen LogP contribution >= 0.6 is 0 Å². The van der Waals surface area contributed by atoms with Crippen LogP contribution in [0.2, 0.25) is 0 Å². The van der Waals surface area contributed by atoms with E-state index in [9.17, 15) is 14.4 Å². The van der Waals surface area contributed by atoms with Gasteiger partial charge in [-0.05, 0) is 86.7 Å². The topological polar surface area (TPSA) is 195 Å². The summed E-state index contributed by atoms with van der Waals surface area (Å²) < 4.78 is 6.33. The quantitative estimate of drug-likeness (QED) is 0.197. The second kappa shape index (κ2) is 15.8. The zero-order valence-corrected chi connectivity index (χ0v) is 31.7. The number of piperazine rings is 1. The Morgan fingerprint density at radius 1 is 1.00 bits per heavy atom. The lowest BCUT2D eigenvalue weighted by Gasteiger charge is -2.47. The SMILES string of the molecule is Cc1cc(C[C@H](C(=O)N[C@@H](CC2CCNCC2)C(=O)N2CCN(c3ccncc3)CC2)N2C(=O)OC3(CCN(C(N)=O)CC3)c3cccnc32)cc2cn[nH]c12. The number of anilines is 2. The van der Waals surface area contributed by atoms with Gasteiger partial charge in [0.2, 0.25) is 11.8 Å². The maximum Gasteiger partial charge on any atom is 0.417 e. The molecule has 294 valence electrons. The molecule has 5 amide bonds. The third-order valence-corrected chi connectivity index (χ3v) is 12.0. The van der Waals surface area contributed by atoms with Crippen molar-refractivity contribution in [1.29, 1.82) is 0 Å². The van der Waals surface area contributed by atoms with Gasteiger partial charge >= 0.3 is 12.1 Å². The summed E-state index contributed by atoms with van der Waals surface area (Å²) in [6.07, 6.45) is 9.23. The van der Waals surface area contributed by atoms with Gasteiger partial charge in [-0.15, -0.1) is 0 Å². The van der Waals surface area contributed by atoms with Gasteiger partial charge in [0.1, 0.15) is 23.5 Å². The normalized spacial score (nSPS) is 19.7. The molecular formula is C40H49N11O5. The molecule has 2 atom stereocenters. The molecule has 4 aliphatic heterocycles. The molecule has 8 rings (SSSR count). The lowest BCUT2D eigenvalue weighted by atomic mass is 9.83. The number of carbonyl (C=O) groups is 4. The summed E-state index contributed by atoms with van der Waals surface area (Å²) in [5.74, 6) is -0.0287. The second-order valence-electron chi connectivity index (χ2n) is 15.4. The third-order valence-electron chi connectivity index (χ3n) is 12.0. The van der Waals surface area contributed by atoms with Crippen LogP contribution in [0.25, 0.3) is 10.9 Å². The summed E-state index contributed by atoms with van der Waals surface area (Å²) in [7, 11) is 0. The number of likely N-dealkylation sites (tertiary alicyclic amines) is 1. The fourth-order valence-electron chi connectivity index (χ4n) is 8.89. The fraction of sp³-hybridized carbons (Fsp3) is 0.475. The number of primary amides is 1. The molecule has 7 heterocycles. The second-order valence-corrected chi connectivity index (χ2v) is 15.4. The maximum atomic E-state index is 15.0. The number of aryl methyl sites for hydroxylation is 1. The average Bonchev–Trinajstić information content (AvgIpc) is 3.70. The number of nitrogens with two attached hydrogens (primary N) is 1. The minimum absolute atomic E-state index is 0.124. The van der Waals surface area contributed by atoms with Gasteiger partial charge in [-0.2, -0.15) is 5.10 Å². The van der Waals surface area contributed by atoms with Crippen molar-refractivity contribution >= 4 is 46.3 Å². The van der Waals surface area contributed by atoms with E-state index in [0.717, 1.165) is 53.6 Å². The number of amides is 5. The number of hydrogen-bond donors (Lipinski definition) is 4. The molecule has 56 heavy (non-hydrogen) atoms. The van der Waals surface area contributed by atoms with Crippen molar-refractivity contribution in [1.82, 2.24) is 40.6 Å². The highest BCUT2D eigenvalue weighted by Gasteiger charge is 2.51. The minimum Gasteiger partial charge on any atom is -0.437 e. The molecule has 0 bridgehead atoms. The number of H-pyrrole nitrogens is 1. The largest absolute Gasteiger partial charge is 0.437 e. The van der Waals surface area contributed by atoms with Crippen LogP contribution in [0.3, 0.4) is 0 Å². The Balaban J connectivity index is 1.11. The monoisotopic (exact) mass is 763 g/mol. The first-order chi connectivity index (χ1) is 27.2. The third kappa shape index (κ3) is 7.44. The summed E-state index contributed by atoms with van der Waals surface area (Å²) in [6, 6.07) is 9.09. The lowest BCUT2D eigenvalue weighted by molar-refractivity contribution is -0.137. The van der Waals surface area contributed by atoms with E-state index in [4.69, 9.17) is 15.5 Å². The molecule has 3 saturated heterocycles. The molecule has 3 fully saturated rings. The van der Waals surface area contributed by atoms with Crippen molar-refractivity contribution in [2.45, 2.75) is 63.1 Å². The standard InChI is InChI=1S/C40H49N11O5/c1-26-21-28(22-29-25-45-47-34(26)29)24-33(51-35-31(3-2-10-44-35)40(56-39(51)55)8-15-50(16-9-40)38(41)54)36(52)46-32(23-27-4-11-42-12-5-27)37(53)49-19-17-48(18-20-49)30-6-13-43-14-7-30/h2-3,6-7,10,13-14,21-22,25,27,32-33,42H,4-5,8-9,11-12,15-20,23-24H2,1H3,(H2,41,54)(H,45,47)(H,46,52)/t32-,33+/m0/s1. The van der Waals surface area contributed by atoms with Gasteiger partial charge in [0.25, 0.3) is 0 Å². The molecule has 3 aromatic heterocycles. The molecule has 0 aliphatic carbocycles. The first-order valence-electron chi connectivity index (χ1n) is 19.6. The highest BCUT2D eigenvalue weighted by molar-refractivity contribution is 6.00. The molecule has 16 heteroatoms. The van der Waals surface area contributed by atoms with Crippen molar-refractivity contribution in [3.8, 4) is 0 Å². The Hall–Kier alpha value is -5.77. The first kappa shape index (κ1) is 37.2. The number of hydrogen-bond acceptors (Lipinski definition) is 10. The van der Waals surface area contributed by atoms with Gasteiger partial charge in [0.15, 0.2) is 0 Å². The Labute approximate surface area is 325 Å². The van der Waals surface area contributed by atoms with E-state index in [1.165, 1.54) is 9.80 Å². The molecule has 16 nitrogen and oxygen atoms in total. The lowest BCUT2D eigenvalue weighted by Crippen LogP contribution is -2.61. The molecule has 1 spiro atoms. The molecule has 0 saturated carbocycles. The predicted octanol–water partition coefficient (Wildman–Crippen LogP) is 2.82. The molecule has 1 aromatic carbocycles. The van der Waals surface area contributed by atoms with E-state index < -0.39 is 35.7 Å². The van der Waals surface area contributed by atoms with E-state index >= 15 is 4.79 Å². The number of nitrogens with zero attached hydrogens (tertiary/aromatic N) is 7. The molecule has 4 aromatic rings. The van der Waals surface area contributed by atoms with Gasteiger partial charge < -0.3 is 35.8 Å². The van der Waals surface area contributed by atoms with E-state index in [1.54, 1.807) is 30.9 Å². The van der Waals surface area contributed by atoms with Crippen molar-refractivity contribution in [3.63, 3.8) is 0 Å². The number of aromatic nitrogens is 4. The van der Waals surface area contributed by atoms with Crippen LogP contribution in [-0.4, -0.2) is 118 Å². The summed E-state index contributed by atoms with van der Waals surface area (Å²) in [6.45, 7) is 6.62. The summed E-state index contributed by atoms with van der Waals surface area (Å²) in [4.78, 5) is 71.7. The van der Waals surface area contributed by atoms with Crippen molar-refractivity contribution < 1.29 is 23.9 Å². The number of carbonyl (C=O) groups excluding carboxylic acids is 4. The minimum atomic E-state index is -1.12. The van der Waals surface area contributed by atoms with Crippen LogP contribution in [0.4, 0.5) is 21.1 Å². The van der Waals surface area contributed by atoms with Crippen LogP contribution in [0.1, 0.15) is 48.8 Å². The number of rotatable bonds is 9. The number of urea groups is 1. The predicted molar refractivity (Wildman–Crippen MR) is 209 cm³/mol. The summed E-state index contributed by atoms with van der Waals surface area (Å²) >= 11 is 0. The van der Waals surface area contributed by atoms with Gasteiger partial charge in [0, 0.05) is 93.8 Å². The van der Waals surface area contributed by atoms with Gasteiger partial charge in [0.05, 0.1) is 11.7 Å². The van der Waals surface area contributed by atoms with E-state index in [-0.39, 0.29) is 18.2 Å². The number of nitrogens with one attached hydrogen (secondary N) is 3. The van der Waals surface area contributed by atoms with Crippen LogP contribution in [0.5, 0.6) is 0 Å². The Bertz CT molecular complexity index is 2070. The maximum absolute atomic E-state index is 15.0. The van der Waals surface area contributed by atoms with Gasteiger partial charge in [-0.1, -0.05) is 6.07 Å². The molecule has 0 radical (unpaired) electrons. The number of ether oxygens (including phenoxy) is 1. The Kier molecular flexibility index (Phi) is 10.5.